The SMILES string of the molecule is Cc1cccc2[nH]c([C@H]3CCCN(Cc4cc5n(n4)CCCNC5)C3)nc12. The van der Waals surface area contributed by atoms with Gasteiger partial charge < -0.3 is 10.3 Å². The van der Waals surface area contributed by atoms with Crippen molar-refractivity contribution < 1.29 is 0 Å². The van der Waals surface area contributed by atoms with Crippen molar-refractivity contribution in [3.8, 4) is 0 Å². The molecule has 4 heterocycles. The molecule has 6 nitrogen and oxygen atoms in total. The number of rotatable bonds is 3. The second-order valence-electron chi connectivity index (χ2n) is 8.05. The molecule has 5 rings (SSSR count). The average molecular weight is 364 g/mol. The van der Waals surface area contributed by atoms with Gasteiger partial charge in [-0.25, -0.2) is 4.98 Å². The molecule has 142 valence electrons. The fourth-order valence-corrected chi connectivity index (χ4v) is 4.54. The lowest BCUT2D eigenvalue weighted by atomic mass is 9.97. The maximum atomic E-state index is 4.93. The van der Waals surface area contributed by atoms with Crippen LogP contribution in [-0.4, -0.2) is 44.3 Å². The van der Waals surface area contributed by atoms with Crippen LogP contribution >= 0.6 is 0 Å². The van der Waals surface area contributed by atoms with Crippen LogP contribution < -0.4 is 5.32 Å². The maximum Gasteiger partial charge on any atom is 0.111 e. The van der Waals surface area contributed by atoms with Gasteiger partial charge in [0.1, 0.15) is 5.82 Å². The largest absolute Gasteiger partial charge is 0.342 e. The van der Waals surface area contributed by atoms with Crippen molar-refractivity contribution in [2.24, 2.45) is 0 Å². The van der Waals surface area contributed by atoms with Crippen LogP contribution in [0, 0.1) is 6.92 Å². The van der Waals surface area contributed by atoms with E-state index in [0.29, 0.717) is 5.92 Å². The van der Waals surface area contributed by atoms with E-state index in [4.69, 9.17) is 10.1 Å². The summed E-state index contributed by atoms with van der Waals surface area (Å²) in [7, 11) is 0. The highest BCUT2D eigenvalue weighted by atomic mass is 15.3. The lowest BCUT2D eigenvalue weighted by Crippen LogP contribution is -2.34. The van der Waals surface area contributed by atoms with Gasteiger partial charge in [-0.2, -0.15) is 5.10 Å². The fraction of sp³-hybridized carbons (Fsp3) is 0.524. The molecule has 0 aliphatic carbocycles. The highest BCUT2D eigenvalue weighted by Gasteiger charge is 2.25. The Hall–Kier alpha value is -2.18. The van der Waals surface area contributed by atoms with Crippen molar-refractivity contribution in [2.75, 3.05) is 19.6 Å². The Balaban J connectivity index is 1.31. The first-order valence-electron chi connectivity index (χ1n) is 10.2. The molecule has 1 fully saturated rings. The summed E-state index contributed by atoms with van der Waals surface area (Å²) in [6, 6.07) is 8.65. The number of hydrogen-bond acceptors (Lipinski definition) is 4. The Kier molecular flexibility index (Phi) is 4.45. The van der Waals surface area contributed by atoms with E-state index in [2.05, 4.69) is 51.1 Å². The number of imidazole rings is 1. The first kappa shape index (κ1) is 17.0. The smallest absolute Gasteiger partial charge is 0.111 e. The van der Waals surface area contributed by atoms with Crippen molar-refractivity contribution in [3.05, 3.63) is 47.0 Å². The number of piperidine rings is 1. The molecule has 1 atom stereocenters. The van der Waals surface area contributed by atoms with Gasteiger partial charge in [0.05, 0.1) is 22.4 Å². The van der Waals surface area contributed by atoms with Crippen molar-refractivity contribution in [2.45, 2.75) is 51.7 Å². The molecule has 2 N–H and O–H groups in total. The normalized spacial score (nSPS) is 21.3. The Morgan fingerprint density at radius 3 is 3.11 bits per heavy atom. The molecule has 2 aromatic heterocycles. The quantitative estimate of drug-likeness (QED) is 0.750. The van der Waals surface area contributed by atoms with Crippen LogP contribution in [0.1, 0.15) is 48.0 Å². The average Bonchev–Trinajstić information content (AvgIpc) is 3.21. The van der Waals surface area contributed by atoms with Crippen LogP contribution in [0.2, 0.25) is 0 Å². The van der Waals surface area contributed by atoms with Crippen molar-refractivity contribution in [1.29, 1.82) is 0 Å². The molecular weight excluding hydrogens is 336 g/mol. The number of aromatic nitrogens is 4. The Bertz CT molecular complexity index is 916. The summed E-state index contributed by atoms with van der Waals surface area (Å²) in [6.45, 7) is 8.34. The van der Waals surface area contributed by atoms with Crippen molar-refractivity contribution in [3.63, 3.8) is 0 Å². The summed E-state index contributed by atoms with van der Waals surface area (Å²) < 4.78 is 2.19. The van der Waals surface area contributed by atoms with Crippen molar-refractivity contribution in [1.82, 2.24) is 30.0 Å². The molecule has 1 saturated heterocycles. The first-order valence-corrected chi connectivity index (χ1v) is 10.2. The lowest BCUT2D eigenvalue weighted by Gasteiger charge is -2.31. The minimum absolute atomic E-state index is 0.479. The van der Waals surface area contributed by atoms with E-state index in [1.807, 2.05) is 0 Å². The van der Waals surface area contributed by atoms with E-state index in [1.165, 1.54) is 29.8 Å². The van der Waals surface area contributed by atoms with Gasteiger partial charge in [0, 0.05) is 32.1 Å². The van der Waals surface area contributed by atoms with Crippen LogP contribution in [0.25, 0.3) is 11.0 Å². The third-order valence-corrected chi connectivity index (χ3v) is 5.95. The minimum atomic E-state index is 0.479. The first-order chi connectivity index (χ1) is 13.3. The van der Waals surface area contributed by atoms with Gasteiger partial charge in [-0.15, -0.1) is 0 Å². The third kappa shape index (κ3) is 3.39. The molecule has 1 aromatic carbocycles. The minimum Gasteiger partial charge on any atom is -0.342 e. The van der Waals surface area contributed by atoms with E-state index in [0.717, 1.165) is 62.5 Å². The summed E-state index contributed by atoms with van der Waals surface area (Å²) in [5, 5.41) is 8.34. The zero-order valence-electron chi connectivity index (χ0n) is 16.0. The summed E-state index contributed by atoms with van der Waals surface area (Å²) in [6.07, 6.45) is 3.58. The van der Waals surface area contributed by atoms with Crippen LogP contribution in [0.15, 0.2) is 24.3 Å². The predicted octanol–water partition coefficient (Wildman–Crippen LogP) is 2.94. The van der Waals surface area contributed by atoms with Crippen LogP contribution in [0.5, 0.6) is 0 Å². The number of likely N-dealkylation sites (tertiary alicyclic amines) is 1. The molecule has 6 heteroatoms. The number of aromatic amines is 1. The molecule has 0 bridgehead atoms. The van der Waals surface area contributed by atoms with E-state index < -0.39 is 0 Å². The lowest BCUT2D eigenvalue weighted by molar-refractivity contribution is 0.194. The molecule has 0 saturated carbocycles. The summed E-state index contributed by atoms with van der Waals surface area (Å²) in [4.78, 5) is 11.0. The van der Waals surface area contributed by atoms with E-state index in [1.54, 1.807) is 0 Å². The summed E-state index contributed by atoms with van der Waals surface area (Å²) >= 11 is 0. The molecule has 2 aliphatic rings. The Morgan fingerprint density at radius 2 is 2.19 bits per heavy atom. The number of nitrogens with zero attached hydrogens (tertiary/aromatic N) is 4. The molecule has 27 heavy (non-hydrogen) atoms. The Labute approximate surface area is 160 Å². The van der Waals surface area contributed by atoms with Crippen molar-refractivity contribution >= 4 is 11.0 Å². The molecule has 0 spiro atoms. The summed E-state index contributed by atoms with van der Waals surface area (Å²) in [5.74, 6) is 1.63. The Morgan fingerprint density at radius 1 is 1.22 bits per heavy atom. The van der Waals surface area contributed by atoms with Crippen LogP contribution in [0.4, 0.5) is 0 Å². The number of aryl methyl sites for hydroxylation is 2. The highest BCUT2D eigenvalue weighted by molar-refractivity contribution is 5.78. The topological polar surface area (TPSA) is 61.8 Å². The van der Waals surface area contributed by atoms with E-state index in [9.17, 15) is 0 Å². The molecule has 0 unspecified atom stereocenters. The fourth-order valence-electron chi connectivity index (χ4n) is 4.54. The van der Waals surface area contributed by atoms with Gasteiger partial charge in [-0.1, -0.05) is 12.1 Å². The van der Waals surface area contributed by atoms with Gasteiger partial charge in [0.25, 0.3) is 0 Å². The van der Waals surface area contributed by atoms with Gasteiger partial charge in [0.2, 0.25) is 0 Å². The number of benzene rings is 1. The van der Waals surface area contributed by atoms with E-state index >= 15 is 0 Å². The number of H-pyrrole nitrogens is 1. The van der Waals surface area contributed by atoms with E-state index in [-0.39, 0.29) is 0 Å². The highest BCUT2D eigenvalue weighted by Crippen LogP contribution is 2.28. The van der Waals surface area contributed by atoms with Gasteiger partial charge in [0.15, 0.2) is 0 Å². The molecule has 0 amide bonds. The predicted molar refractivity (Wildman–Crippen MR) is 107 cm³/mol. The van der Waals surface area contributed by atoms with Crippen LogP contribution in [0.3, 0.4) is 0 Å². The number of nitrogens with one attached hydrogen (secondary N) is 2. The van der Waals surface area contributed by atoms with Gasteiger partial charge in [-0.05, 0) is 57.0 Å². The monoisotopic (exact) mass is 364 g/mol. The third-order valence-electron chi connectivity index (χ3n) is 5.95. The molecular formula is C21H28N6. The zero-order valence-corrected chi connectivity index (χ0v) is 16.0. The number of hydrogen-bond donors (Lipinski definition) is 2. The molecule has 3 aromatic rings. The second kappa shape index (κ2) is 7.09. The van der Waals surface area contributed by atoms with Gasteiger partial charge >= 0.3 is 0 Å². The molecule has 0 radical (unpaired) electrons. The summed E-state index contributed by atoms with van der Waals surface area (Å²) in [5.41, 5.74) is 6.05. The maximum absolute atomic E-state index is 4.93. The molecule has 2 aliphatic heterocycles. The number of para-hydroxylation sites is 1. The van der Waals surface area contributed by atoms with Gasteiger partial charge in [-0.3, -0.25) is 9.58 Å². The second-order valence-corrected chi connectivity index (χ2v) is 8.05. The zero-order chi connectivity index (χ0) is 18.2. The number of fused-ring (bicyclic) bond motifs is 2. The standard InChI is InChI=1S/C21H28N6/c1-15-5-2-7-19-20(15)24-21(23-19)16-6-3-9-26(13-16)14-17-11-18-12-22-8-4-10-27(18)25-17/h2,5,7,11,16,22H,3-4,6,8-10,12-14H2,1H3,(H,23,24)/t16-/m0/s1. The van der Waals surface area contributed by atoms with Crippen LogP contribution in [-0.2, 0) is 19.6 Å².